The van der Waals surface area contributed by atoms with E-state index >= 15 is 0 Å². The molecular formula is C20H22O4. The molecule has 0 fully saturated rings. The van der Waals surface area contributed by atoms with Gasteiger partial charge in [0.05, 0.1) is 11.1 Å². The first kappa shape index (κ1) is 16.5. The van der Waals surface area contributed by atoms with Gasteiger partial charge in [0, 0.05) is 0 Å². The molecule has 2 unspecified atom stereocenters. The van der Waals surface area contributed by atoms with Crippen LogP contribution in [0.15, 0.2) is 48.6 Å². The third kappa shape index (κ3) is 4.34. The van der Waals surface area contributed by atoms with Crippen LogP contribution in [0.5, 0.6) is 0 Å². The highest BCUT2D eigenvalue weighted by Crippen LogP contribution is 2.18. The van der Waals surface area contributed by atoms with Gasteiger partial charge in [0.2, 0.25) is 0 Å². The van der Waals surface area contributed by atoms with Crippen molar-refractivity contribution in [2.45, 2.75) is 50.7 Å². The largest absolute Gasteiger partial charge is 0.455 e. The average molecular weight is 326 g/mol. The standard InChI is InChI=1S/C20H22O4/c21-19(23-17-7-3-1-4-8-17)15-11-13-16(14-12-15)20(22)24-18-9-5-2-6-10-18/h3,5,7,9,11-14,17-18H,1-2,4,6,8,10H2. The first-order valence-corrected chi connectivity index (χ1v) is 8.58. The first-order valence-electron chi connectivity index (χ1n) is 8.58. The number of benzene rings is 1. The minimum absolute atomic E-state index is 0.144. The van der Waals surface area contributed by atoms with Crippen LogP contribution in [0.2, 0.25) is 0 Å². The summed E-state index contributed by atoms with van der Waals surface area (Å²) in [6, 6.07) is 6.45. The summed E-state index contributed by atoms with van der Waals surface area (Å²) in [5.41, 5.74) is 0.895. The number of ether oxygens (including phenoxy) is 2. The third-order valence-electron chi connectivity index (χ3n) is 4.29. The van der Waals surface area contributed by atoms with E-state index in [1.54, 1.807) is 24.3 Å². The zero-order chi connectivity index (χ0) is 16.8. The molecule has 126 valence electrons. The molecule has 0 spiro atoms. The van der Waals surface area contributed by atoms with Gasteiger partial charge in [0.15, 0.2) is 0 Å². The van der Waals surface area contributed by atoms with Gasteiger partial charge in [-0.1, -0.05) is 12.2 Å². The smallest absolute Gasteiger partial charge is 0.338 e. The van der Waals surface area contributed by atoms with Crippen molar-refractivity contribution in [3.8, 4) is 0 Å². The lowest BCUT2D eigenvalue weighted by molar-refractivity contribution is 0.0355. The molecule has 2 aliphatic carbocycles. The molecule has 0 saturated carbocycles. The first-order chi connectivity index (χ1) is 11.7. The van der Waals surface area contributed by atoms with Crippen LogP contribution in [0, 0.1) is 0 Å². The molecule has 2 aliphatic rings. The van der Waals surface area contributed by atoms with Gasteiger partial charge >= 0.3 is 11.9 Å². The van der Waals surface area contributed by atoms with Gasteiger partial charge in [-0.05, 0) is 74.9 Å². The van der Waals surface area contributed by atoms with Gasteiger partial charge in [-0.3, -0.25) is 0 Å². The van der Waals surface area contributed by atoms with Crippen LogP contribution in [0.3, 0.4) is 0 Å². The van der Waals surface area contributed by atoms with Crippen LogP contribution in [0.25, 0.3) is 0 Å². The number of esters is 2. The Labute approximate surface area is 142 Å². The maximum atomic E-state index is 12.1. The molecule has 0 radical (unpaired) electrons. The molecule has 2 atom stereocenters. The number of allylic oxidation sites excluding steroid dienone is 2. The fourth-order valence-electron chi connectivity index (χ4n) is 2.91. The molecule has 0 saturated heterocycles. The van der Waals surface area contributed by atoms with Crippen LogP contribution in [0.4, 0.5) is 0 Å². The van der Waals surface area contributed by atoms with Crippen LogP contribution in [-0.4, -0.2) is 24.1 Å². The van der Waals surface area contributed by atoms with Gasteiger partial charge < -0.3 is 9.47 Å². The lowest BCUT2D eigenvalue weighted by atomic mass is 10.0. The van der Waals surface area contributed by atoms with E-state index in [1.807, 2.05) is 24.3 Å². The van der Waals surface area contributed by atoms with E-state index in [4.69, 9.17) is 9.47 Å². The second-order valence-electron chi connectivity index (χ2n) is 6.18. The molecule has 4 nitrogen and oxygen atoms in total. The van der Waals surface area contributed by atoms with Gasteiger partial charge in [0.25, 0.3) is 0 Å². The lowest BCUT2D eigenvalue weighted by Gasteiger charge is -2.18. The summed E-state index contributed by atoms with van der Waals surface area (Å²) in [7, 11) is 0. The highest BCUT2D eigenvalue weighted by Gasteiger charge is 2.18. The highest BCUT2D eigenvalue weighted by molar-refractivity contribution is 5.93. The monoisotopic (exact) mass is 326 g/mol. The summed E-state index contributed by atoms with van der Waals surface area (Å²) in [6.45, 7) is 0. The quantitative estimate of drug-likeness (QED) is 0.614. The molecule has 0 heterocycles. The van der Waals surface area contributed by atoms with Gasteiger partial charge in [-0.15, -0.1) is 0 Å². The maximum Gasteiger partial charge on any atom is 0.338 e. The molecule has 0 aromatic heterocycles. The van der Waals surface area contributed by atoms with E-state index in [0.717, 1.165) is 38.5 Å². The Hall–Kier alpha value is -2.36. The third-order valence-corrected chi connectivity index (χ3v) is 4.29. The van der Waals surface area contributed by atoms with Crippen molar-refractivity contribution < 1.29 is 19.1 Å². The number of rotatable bonds is 4. The van der Waals surface area contributed by atoms with Crippen molar-refractivity contribution in [1.29, 1.82) is 0 Å². The van der Waals surface area contributed by atoms with Gasteiger partial charge in [-0.25, -0.2) is 9.59 Å². The highest BCUT2D eigenvalue weighted by atomic mass is 16.5. The molecule has 0 bridgehead atoms. The van der Waals surface area contributed by atoms with Crippen LogP contribution in [0.1, 0.15) is 59.2 Å². The van der Waals surface area contributed by atoms with E-state index in [2.05, 4.69) is 0 Å². The zero-order valence-corrected chi connectivity index (χ0v) is 13.6. The summed E-state index contributed by atoms with van der Waals surface area (Å²) < 4.78 is 10.9. The van der Waals surface area contributed by atoms with Crippen molar-refractivity contribution in [3.05, 3.63) is 59.7 Å². The molecule has 3 rings (SSSR count). The zero-order valence-electron chi connectivity index (χ0n) is 13.6. The SMILES string of the molecule is O=C(OC1C=CCCC1)c1ccc(C(=O)OC2C=CCCC2)cc1. The van der Waals surface area contributed by atoms with Crippen LogP contribution >= 0.6 is 0 Å². The normalized spacial score (nSPS) is 22.8. The summed E-state index contributed by atoms with van der Waals surface area (Å²) in [5.74, 6) is -0.719. The predicted octanol–water partition coefficient (Wildman–Crippen LogP) is 4.22. The molecule has 4 heteroatoms. The molecule has 0 aliphatic heterocycles. The molecular weight excluding hydrogens is 304 g/mol. The minimum Gasteiger partial charge on any atom is -0.455 e. The molecule has 1 aromatic rings. The van der Waals surface area contributed by atoms with Gasteiger partial charge in [0.1, 0.15) is 12.2 Å². The van der Waals surface area contributed by atoms with E-state index in [1.165, 1.54) is 0 Å². The Bertz CT molecular complexity index is 585. The van der Waals surface area contributed by atoms with E-state index < -0.39 is 0 Å². The second-order valence-corrected chi connectivity index (χ2v) is 6.18. The summed E-state index contributed by atoms with van der Waals surface area (Å²) >= 11 is 0. The minimum atomic E-state index is -0.360. The van der Waals surface area contributed by atoms with Crippen LogP contribution < -0.4 is 0 Å². The number of carbonyl (C=O) groups is 2. The van der Waals surface area contributed by atoms with E-state index in [-0.39, 0.29) is 24.1 Å². The molecule has 1 aromatic carbocycles. The number of hydrogen-bond acceptors (Lipinski definition) is 4. The van der Waals surface area contributed by atoms with Crippen molar-refractivity contribution in [1.82, 2.24) is 0 Å². The molecule has 0 N–H and O–H groups in total. The Balaban J connectivity index is 1.57. The Kier molecular flexibility index (Phi) is 5.47. The Morgan fingerprint density at radius 3 is 1.50 bits per heavy atom. The predicted molar refractivity (Wildman–Crippen MR) is 90.8 cm³/mol. The fraction of sp³-hybridized carbons (Fsp3) is 0.400. The Morgan fingerprint density at radius 2 is 1.17 bits per heavy atom. The van der Waals surface area contributed by atoms with Crippen molar-refractivity contribution in [2.75, 3.05) is 0 Å². The summed E-state index contributed by atoms with van der Waals surface area (Å²) in [4.78, 5) is 24.3. The molecule has 0 amide bonds. The Morgan fingerprint density at radius 1 is 0.750 bits per heavy atom. The van der Waals surface area contributed by atoms with Crippen molar-refractivity contribution in [3.63, 3.8) is 0 Å². The van der Waals surface area contributed by atoms with Crippen molar-refractivity contribution in [2.24, 2.45) is 0 Å². The average Bonchev–Trinajstić information content (AvgIpc) is 2.63. The molecule has 24 heavy (non-hydrogen) atoms. The van der Waals surface area contributed by atoms with Crippen molar-refractivity contribution >= 4 is 11.9 Å². The topological polar surface area (TPSA) is 52.6 Å². The number of carbonyl (C=O) groups excluding carboxylic acids is 2. The van der Waals surface area contributed by atoms with Gasteiger partial charge in [-0.2, -0.15) is 0 Å². The second kappa shape index (κ2) is 7.95. The summed E-state index contributed by atoms with van der Waals surface area (Å²) in [6.07, 6.45) is 13.5. The maximum absolute atomic E-state index is 12.1. The lowest BCUT2D eigenvalue weighted by Crippen LogP contribution is -2.19. The fourth-order valence-corrected chi connectivity index (χ4v) is 2.91. The summed E-state index contributed by atoms with van der Waals surface area (Å²) in [5, 5.41) is 0. The van der Waals surface area contributed by atoms with E-state index in [9.17, 15) is 9.59 Å². The van der Waals surface area contributed by atoms with Crippen LogP contribution in [-0.2, 0) is 9.47 Å². The van der Waals surface area contributed by atoms with E-state index in [0.29, 0.717) is 11.1 Å². The number of hydrogen-bond donors (Lipinski definition) is 0.